The van der Waals surface area contributed by atoms with Gasteiger partial charge in [-0.3, -0.25) is 9.78 Å². The molecule has 0 atom stereocenters. The van der Waals surface area contributed by atoms with Gasteiger partial charge in [-0.2, -0.15) is 13.2 Å². The fourth-order valence-corrected chi connectivity index (χ4v) is 3.19. The van der Waals surface area contributed by atoms with E-state index in [2.05, 4.69) is 10.3 Å². The number of rotatable bonds is 5. The van der Waals surface area contributed by atoms with Gasteiger partial charge in [-0.1, -0.05) is 12.1 Å². The lowest BCUT2D eigenvalue weighted by Gasteiger charge is -2.12. The highest BCUT2D eigenvalue weighted by Gasteiger charge is 2.30. The molecule has 0 aliphatic heterocycles. The predicted molar refractivity (Wildman–Crippen MR) is 115 cm³/mol. The van der Waals surface area contributed by atoms with Crippen LogP contribution < -0.4 is 15.8 Å². The minimum Gasteiger partial charge on any atom is -0.457 e. The number of aromatic nitrogens is 1. The van der Waals surface area contributed by atoms with Crippen molar-refractivity contribution in [2.45, 2.75) is 12.7 Å². The van der Waals surface area contributed by atoms with Crippen LogP contribution in [0, 0.1) is 0 Å². The van der Waals surface area contributed by atoms with E-state index in [1.807, 2.05) is 6.07 Å². The number of alkyl halides is 3. The van der Waals surface area contributed by atoms with E-state index in [0.717, 1.165) is 22.9 Å². The molecule has 0 saturated carbocycles. The van der Waals surface area contributed by atoms with Gasteiger partial charge in [0.1, 0.15) is 11.5 Å². The maximum atomic E-state index is 12.7. The number of hydrogen-bond acceptors (Lipinski definition) is 4. The van der Waals surface area contributed by atoms with Crippen LogP contribution in [0.25, 0.3) is 10.8 Å². The molecule has 0 radical (unpaired) electrons. The van der Waals surface area contributed by atoms with E-state index in [1.54, 1.807) is 48.7 Å². The molecule has 5 nitrogen and oxygen atoms in total. The topological polar surface area (TPSA) is 77.2 Å². The van der Waals surface area contributed by atoms with Crippen molar-refractivity contribution >= 4 is 22.4 Å². The van der Waals surface area contributed by atoms with E-state index < -0.39 is 11.7 Å². The largest absolute Gasteiger partial charge is 0.457 e. The van der Waals surface area contributed by atoms with E-state index in [1.165, 1.54) is 12.1 Å². The van der Waals surface area contributed by atoms with Gasteiger partial charge in [-0.05, 0) is 66.0 Å². The first-order chi connectivity index (χ1) is 15.3. The monoisotopic (exact) mass is 437 g/mol. The number of halogens is 3. The summed E-state index contributed by atoms with van der Waals surface area (Å²) in [5, 5.41) is 4.28. The molecule has 1 heterocycles. The van der Waals surface area contributed by atoms with Crippen LogP contribution in [-0.2, 0) is 12.7 Å². The standard InChI is InChI=1S/C24H18F3N3O2/c25-24(26,27)17-5-7-20(8-6-17)32-22-3-1-2-15-12-16(4-9-21(15)22)23(31)30-14-19-13-18(28)10-11-29-19/h1-13H,14H2,(H2,28,29)(H,30,31). The van der Waals surface area contributed by atoms with Crippen molar-refractivity contribution in [2.75, 3.05) is 5.73 Å². The molecular formula is C24H18F3N3O2. The third-order valence-corrected chi connectivity index (χ3v) is 4.78. The van der Waals surface area contributed by atoms with Crippen molar-refractivity contribution in [3.8, 4) is 11.5 Å². The number of pyridine rings is 1. The van der Waals surface area contributed by atoms with Crippen molar-refractivity contribution < 1.29 is 22.7 Å². The molecule has 4 rings (SSSR count). The zero-order chi connectivity index (χ0) is 22.7. The van der Waals surface area contributed by atoms with Crippen LogP contribution >= 0.6 is 0 Å². The summed E-state index contributed by atoms with van der Waals surface area (Å²) in [7, 11) is 0. The van der Waals surface area contributed by atoms with Gasteiger partial charge in [0.05, 0.1) is 17.8 Å². The highest BCUT2D eigenvalue weighted by molar-refractivity contribution is 5.99. The first-order valence-electron chi connectivity index (χ1n) is 9.66. The van der Waals surface area contributed by atoms with Crippen LogP contribution in [0.3, 0.4) is 0 Å². The summed E-state index contributed by atoms with van der Waals surface area (Å²) in [4.78, 5) is 16.7. The number of nitrogens with two attached hydrogens (primary N) is 1. The maximum Gasteiger partial charge on any atom is 0.416 e. The third kappa shape index (κ3) is 4.80. The molecule has 0 aliphatic carbocycles. The quantitative estimate of drug-likeness (QED) is 0.429. The Morgan fingerprint density at radius 2 is 1.78 bits per heavy atom. The van der Waals surface area contributed by atoms with Gasteiger partial charge in [-0.15, -0.1) is 0 Å². The second kappa shape index (κ2) is 8.58. The number of ether oxygens (including phenoxy) is 1. The SMILES string of the molecule is Nc1ccnc(CNC(=O)c2ccc3c(Oc4ccc(C(F)(F)F)cc4)cccc3c2)c1. The molecule has 3 aromatic carbocycles. The second-order valence-corrected chi connectivity index (χ2v) is 7.08. The smallest absolute Gasteiger partial charge is 0.416 e. The molecule has 1 aromatic heterocycles. The predicted octanol–water partition coefficient (Wildman–Crippen LogP) is 5.56. The van der Waals surface area contributed by atoms with Crippen LogP contribution in [0.4, 0.5) is 18.9 Å². The molecule has 0 spiro atoms. The fraction of sp³-hybridized carbons (Fsp3) is 0.0833. The number of carbonyl (C=O) groups is 1. The van der Waals surface area contributed by atoms with Gasteiger partial charge in [0.2, 0.25) is 0 Å². The molecule has 8 heteroatoms. The van der Waals surface area contributed by atoms with Crippen molar-refractivity contribution in [2.24, 2.45) is 0 Å². The normalized spacial score (nSPS) is 11.3. The Balaban J connectivity index is 1.51. The number of amides is 1. The molecule has 0 bridgehead atoms. The molecule has 1 amide bonds. The van der Waals surface area contributed by atoms with E-state index in [9.17, 15) is 18.0 Å². The Kier molecular flexibility index (Phi) is 5.68. The first-order valence-corrected chi connectivity index (χ1v) is 9.66. The maximum absolute atomic E-state index is 12.7. The van der Waals surface area contributed by atoms with Gasteiger partial charge < -0.3 is 15.8 Å². The molecule has 0 aliphatic rings. The summed E-state index contributed by atoms with van der Waals surface area (Å²) < 4.78 is 44.0. The highest BCUT2D eigenvalue weighted by atomic mass is 19.4. The van der Waals surface area contributed by atoms with Crippen LogP contribution in [0.1, 0.15) is 21.6 Å². The number of nitrogens with zero attached hydrogens (tertiary/aromatic N) is 1. The van der Waals surface area contributed by atoms with Crippen LogP contribution in [0.2, 0.25) is 0 Å². The number of benzene rings is 3. The van der Waals surface area contributed by atoms with Crippen LogP contribution in [0.5, 0.6) is 11.5 Å². The van der Waals surface area contributed by atoms with E-state index in [0.29, 0.717) is 22.7 Å². The molecule has 3 N–H and O–H groups in total. The average molecular weight is 437 g/mol. The second-order valence-electron chi connectivity index (χ2n) is 7.08. The molecule has 4 aromatic rings. The van der Waals surface area contributed by atoms with Gasteiger partial charge in [0, 0.05) is 22.8 Å². The number of carbonyl (C=O) groups excluding carboxylic acids is 1. The van der Waals surface area contributed by atoms with Crippen LogP contribution in [-0.4, -0.2) is 10.9 Å². The molecule has 32 heavy (non-hydrogen) atoms. The molecule has 162 valence electrons. The Morgan fingerprint density at radius 1 is 1.00 bits per heavy atom. The fourth-order valence-electron chi connectivity index (χ4n) is 3.19. The molecular weight excluding hydrogens is 419 g/mol. The number of hydrogen-bond donors (Lipinski definition) is 2. The van der Waals surface area contributed by atoms with E-state index in [4.69, 9.17) is 10.5 Å². The average Bonchev–Trinajstić information content (AvgIpc) is 2.77. The zero-order valence-electron chi connectivity index (χ0n) is 16.7. The lowest BCUT2D eigenvalue weighted by atomic mass is 10.1. The van der Waals surface area contributed by atoms with Gasteiger partial charge in [-0.25, -0.2) is 0 Å². The van der Waals surface area contributed by atoms with Crippen molar-refractivity contribution in [1.29, 1.82) is 0 Å². The van der Waals surface area contributed by atoms with Gasteiger partial charge >= 0.3 is 6.18 Å². The van der Waals surface area contributed by atoms with Crippen molar-refractivity contribution in [3.63, 3.8) is 0 Å². The Morgan fingerprint density at radius 3 is 2.50 bits per heavy atom. The lowest BCUT2D eigenvalue weighted by molar-refractivity contribution is -0.137. The van der Waals surface area contributed by atoms with E-state index >= 15 is 0 Å². The van der Waals surface area contributed by atoms with Crippen molar-refractivity contribution in [1.82, 2.24) is 10.3 Å². The van der Waals surface area contributed by atoms with E-state index in [-0.39, 0.29) is 18.2 Å². The van der Waals surface area contributed by atoms with Gasteiger partial charge in [0.25, 0.3) is 5.91 Å². The summed E-state index contributed by atoms with van der Waals surface area (Å²) in [6.45, 7) is 0.235. The number of nitrogens with one attached hydrogen (secondary N) is 1. The van der Waals surface area contributed by atoms with Gasteiger partial charge in [0.15, 0.2) is 0 Å². The zero-order valence-corrected chi connectivity index (χ0v) is 16.7. The summed E-state index contributed by atoms with van der Waals surface area (Å²) in [5.41, 5.74) is 6.64. The molecule has 0 saturated heterocycles. The Labute approximate surface area is 181 Å². The molecule has 0 fully saturated rings. The number of anilines is 1. The summed E-state index contributed by atoms with van der Waals surface area (Å²) >= 11 is 0. The number of nitrogen functional groups attached to an aromatic ring is 1. The summed E-state index contributed by atoms with van der Waals surface area (Å²) in [5.74, 6) is 0.477. The Hall–Kier alpha value is -4.07. The highest BCUT2D eigenvalue weighted by Crippen LogP contribution is 2.33. The minimum absolute atomic E-state index is 0.235. The lowest BCUT2D eigenvalue weighted by Crippen LogP contribution is -2.23. The summed E-state index contributed by atoms with van der Waals surface area (Å²) in [6, 6.07) is 18.2. The molecule has 0 unspecified atom stereocenters. The summed E-state index contributed by atoms with van der Waals surface area (Å²) in [6.07, 6.45) is -2.83. The van der Waals surface area contributed by atoms with Crippen molar-refractivity contribution in [3.05, 3.63) is 95.8 Å². The Bertz CT molecular complexity index is 1270. The third-order valence-electron chi connectivity index (χ3n) is 4.78. The minimum atomic E-state index is -4.40. The number of fused-ring (bicyclic) bond motifs is 1. The van der Waals surface area contributed by atoms with Crippen LogP contribution in [0.15, 0.2) is 79.0 Å². The first kappa shape index (κ1) is 21.2.